The fourth-order valence-corrected chi connectivity index (χ4v) is 5.95. The Bertz CT molecular complexity index is 1420. The van der Waals surface area contributed by atoms with Crippen LogP contribution in [0.2, 0.25) is 5.02 Å². The van der Waals surface area contributed by atoms with Crippen molar-refractivity contribution in [2.75, 3.05) is 33.2 Å². The number of carbonyl (C=O) groups is 3. The first-order valence-corrected chi connectivity index (χ1v) is 15.6. The lowest BCUT2D eigenvalue weighted by molar-refractivity contribution is -0.157. The molecule has 0 unspecified atom stereocenters. The molecular weight excluding hydrogens is 614 g/mol. The zero-order valence-electron chi connectivity index (χ0n) is 28.4. The second-order valence-electron chi connectivity index (χ2n) is 12.6. The highest BCUT2D eigenvalue weighted by molar-refractivity contribution is 6.35. The summed E-state index contributed by atoms with van der Waals surface area (Å²) < 4.78 is 22.9. The van der Waals surface area contributed by atoms with Gasteiger partial charge in [-0.1, -0.05) is 54.8 Å². The minimum atomic E-state index is -1.78. The van der Waals surface area contributed by atoms with Gasteiger partial charge in [0.15, 0.2) is 5.72 Å². The van der Waals surface area contributed by atoms with E-state index < -0.39 is 47.6 Å². The predicted molar refractivity (Wildman–Crippen MR) is 177 cm³/mol. The fourth-order valence-electron chi connectivity index (χ4n) is 5.63. The first kappa shape index (κ1) is 37.1. The Morgan fingerprint density at radius 1 is 1.22 bits per heavy atom. The standard InChI is InChI=1S/C34H48ClN3O8/c1-19-12-11-13-27(44-10)34(42)18-26(45-32(41)37-34)20(2)21(3)33(5,6)28(46-31(40)22(4)36-7)17-29(39)38(8)24-15-23(14-19)16-25(43-9)30(24)35/h11-13,15-16,22,26-28,36,42H,14,17-18H2,1-10H3,(H,37,41)/b13-11+,19-12+,21-20-/t22-,26+,27-,28+,34+/m1/s1. The van der Waals surface area contributed by atoms with Crippen LogP contribution >= 0.6 is 11.6 Å². The Labute approximate surface area is 276 Å². The first-order chi connectivity index (χ1) is 21.5. The van der Waals surface area contributed by atoms with Crippen LogP contribution in [0.15, 0.2) is 47.1 Å². The van der Waals surface area contributed by atoms with Gasteiger partial charge in [-0.2, -0.15) is 0 Å². The van der Waals surface area contributed by atoms with Crippen molar-refractivity contribution < 1.29 is 38.4 Å². The second-order valence-corrected chi connectivity index (χ2v) is 13.0. The van der Waals surface area contributed by atoms with Crippen LogP contribution in [-0.2, 0) is 30.2 Å². The number of rotatable bonds is 5. The van der Waals surface area contributed by atoms with Gasteiger partial charge >= 0.3 is 12.1 Å². The fraction of sp³-hybridized carbons (Fsp3) is 0.559. The van der Waals surface area contributed by atoms with Crippen molar-refractivity contribution in [3.05, 3.63) is 57.7 Å². The molecule has 2 aliphatic rings. The molecule has 11 nitrogen and oxygen atoms in total. The summed E-state index contributed by atoms with van der Waals surface area (Å²) in [6, 6.07) is 3.02. The van der Waals surface area contributed by atoms with Crippen molar-refractivity contribution in [2.24, 2.45) is 5.41 Å². The van der Waals surface area contributed by atoms with Crippen LogP contribution in [0.1, 0.15) is 59.9 Å². The number of aliphatic hydroxyl groups is 1. The van der Waals surface area contributed by atoms with Crippen molar-refractivity contribution in [3.63, 3.8) is 0 Å². The summed E-state index contributed by atoms with van der Waals surface area (Å²) in [5, 5.41) is 17.4. The maximum Gasteiger partial charge on any atom is 0.410 e. The molecule has 0 radical (unpaired) electrons. The molecule has 5 atom stereocenters. The van der Waals surface area contributed by atoms with Crippen molar-refractivity contribution in [3.8, 4) is 5.75 Å². The molecule has 2 amide bonds. The van der Waals surface area contributed by atoms with Crippen LogP contribution in [0.3, 0.4) is 0 Å². The van der Waals surface area contributed by atoms with Crippen molar-refractivity contribution in [1.29, 1.82) is 0 Å². The Hall–Kier alpha value is -3.38. The lowest BCUT2D eigenvalue weighted by atomic mass is 9.74. The molecule has 0 aromatic heterocycles. The van der Waals surface area contributed by atoms with Gasteiger partial charge in [-0.15, -0.1) is 0 Å². The number of nitrogens with one attached hydrogen (secondary N) is 2. The Morgan fingerprint density at radius 2 is 1.89 bits per heavy atom. The predicted octanol–water partition coefficient (Wildman–Crippen LogP) is 4.84. The number of benzene rings is 1. The lowest BCUT2D eigenvalue weighted by Crippen LogP contribution is -2.62. The summed E-state index contributed by atoms with van der Waals surface area (Å²) in [4.78, 5) is 41.3. The van der Waals surface area contributed by atoms with Gasteiger partial charge in [-0.3, -0.25) is 14.9 Å². The third kappa shape index (κ3) is 8.12. The number of carbonyl (C=O) groups excluding carboxylic acids is 3. The molecule has 2 aliphatic heterocycles. The SMILES string of the molecule is CN[C@H](C)C(=O)O[C@H]1CC(=O)N(C)c2cc(cc(OC)c2Cl)C/C(C)=C/C=C/[C@@H](OC)[C@@]2(O)C[C@H](OC(=O)N2)/C(C)=C(/C)C1(C)C. The summed E-state index contributed by atoms with van der Waals surface area (Å²) in [6.45, 7) is 11.0. The summed E-state index contributed by atoms with van der Waals surface area (Å²) in [5.41, 5.74) is 0.914. The van der Waals surface area contributed by atoms with E-state index in [0.29, 0.717) is 23.4 Å². The molecule has 3 rings (SSSR count). The Kier molecular flexibility index (Phi) is 12.1. The first-order valence-electron chi connectivity index (χ1n) is 15.3. The van der Waals surface area contributed by atoms with Gasteiger partial charge in [0, 0.05) is 26.0 Å². The number of allylic oxidation sites excluding steroid dienone is 3. The monoisotopic (exact) mass is 661 g/mol. The normalized spacial score (nSPS) is 30.0. The molecule has 4 bridgehead atoms. The largest absolute Gasteiger partial charge is 0.495 e. The molecule has 1 fully saturated rings. The summed E-state index contributed by atoms with van der Waals surface area (Å²) in [5.74, 6) is -0.456. The zero-order valence-corrected chi connectivity index (χ0v) is 29.2. The average Bonchev–Trinajstić information content (AvgIpc) is 3.00. The summed E-state index contributed by atoms with van der Waals surface area (Å²) in [7, 11) is 6.23. The van der Waals surface area contributed by atoms with E-state index in [1.54, 1.807) is 40.1 Å². The molecule has 1 saturated heterocycles. The molecule has 0 spiro atoms. The molecule has 46 heavy (non-hydrogen) atoms. The minimum absolute atomic E-state index is 0.0173. The van der Waals surface area contributed by atoms with Crippen LogP contribution < -0.4 is 20.3 Å². The number of fused-ring (bicyclic) bond motifs is 4. The van der Waals surface area contributed by atoms with Crippen molar-refractivity contribution in [1.82, 2.24) is 10.6 Å². The molecule has 1 aromatic carbocycles. The van der Waals surface area contributed by atoms with Crippen LogP contribution in [0, 0.1) is 5.41 Å². The number of halogens is 1. The van der Waals surface area contributed by atoms with Crippen LogP contribution in [0.5, 0.6) is 5.75 Å². The molecule has 0 aliphatic carbocycles. The van der Waals surface area contributed by atoms with Gasteiger partial charge in [0.25, 0.3) is 0 Å². The van der Waals surface area contributed by atoms with Gasteiger partial charge < -0.3 is 34.3 Å². The number of alkyl carbamates (subject to hydrolysis) is 1. The molecule has 1 aromatic rings. The number of esters is 1. The quantitative estimate of drug-likeness (QED) is 0.299. The van der Waals surface area contributed by atoms with E-state index in [4.69, 9.17) is 30.5 Å². The minimum Gasteiger partial charge on any atom is -0.495 e. The van der Waals surface area contributed by atoms with E-state index >= 15 is 0 Å². The van der Waals surface area contributed by atoms with E-state index in [0.717, 1.165) is 16.7 Å². The van der Waals surface area contributed by atoms with E-state index in [-0.39, 0.29) is 23.8 Å². The van der Waals surface area contributed by atoms with Gasteiger partial charge in [-0.25, -0.2) is 4.79 Å². The number of ether oxygens (including phenoxy) is 4. The summed E-state index contributed by atoms with van der Waals surface area (Å²) in [6.07, 6.45) is 2.15. The number of hydrogen-bond donors (Lipinski definition) is 3. The van der Waals surface area contributed by atoms with Gasteiger partial charge in [-0.05, 0) is 64.4 Å². The number of anilines is 1. The van der Waals surface area contributed by atoms with Gasteiger partial charge in [0.2, 0.25) is 5.91 Å². The van der Waals surface area contributed by atoms with Gasteiger partial charge in [0.05, 0.1) is 19.2 Å². The second kappa shape index (κ2) is 15.0. The smallest absolute Gasteiger partial charge is 0.410 e. The molecule has 2 heterocycles. The lowest BCUT2D eigenvalue weighted by Gasteiger charge is -2.42. The third-order valence-electron chi connectivity index (χ3n) is 9.22. The zero-order chi connectivity index (χ0) is 34.6. The van der Waals surface area contributed by atoms with Crippen LogP contribution in [0.25, 0.3) is 0 Å². The molecule has 12 heteroatoms. The Balaban J connectivity index is 2.24. The van der Waals surface area contributed by atoms with E-state index in [1.807, 2.05) is 45.9 Å². The van der Waals surface area contributed by atoms with Crippen LogP contribution in [-0.4, -0.2) is 81.5 Å². The maximum absolute atomic E-state index is 14.0. The highest BCUT2D eigenvalue weighted by Gasteiger charge is 2.47. The van der Waals surface area contributed by atoms with Gasteiger partial charge in [0.1, 0.15) is 35.1 Å². The average molecular weight is 662 g/mol. The topological polar surface area (TPSA) is 136 Å². The number of likely N-dealkylation sites (N-methyl/N-ethyl adjacent to an activating group) is 1. The third-order valence-corrected chi connectivity index (χ3v) is 9.60. The van der Waals surface area contributed by atoms with Crippen LogP contribution in [0.4, 0.5) is 10.5 Å². The molecule has 3 N–H and O–H groups in total. The van der Waals surface area contributed by atoms with E-state index in [2.05, 4.69) is 10.6 Å². The number of hydrogen-bond acceptors (Lipinski definition) is 9. The molecular formula is C34H48ClN3O8. The van der Waals surface area contributed by atoms with E-state index in [9.17, 15) is 19.5 Å². The maximum atomic E-state index is 14.0. The van der Waals surface area contributed by atoms with E-state index in [1.165, 1.54) is 19.1 Å². The number of nitrogens with zero attached hydrogens (tertiary/aromatic N) is 1. The number of methoxy groups -OCH3 is 2. The van der Waals surface area contributed by atoms with Crippen molar-refractivity contribution in [2.45, 2.75) is 90.9 Å². The Morgan fingerprint density at radius 3 is 2.50 bits per heavy atom. The molecule has 254 valence electrons. The number of amides is 2. The molecule has 0 saturated carbocycles. The highest BCUT2D eigenvalue weighted by atomic mass is 35.5. The summed E-state index contributed by atoms with van der Waals surface area (Å²) >= 11 is 6.73. The highest BCUT2D eigenvalue weighted by Crippen LogP contribution is 2.41. The van der Waals surface area contributed by atoms with Crippen molar-refractivity contribution >= 4 is 35.3 Å².